The van der Waals surface area contributed by atoms with E-state index in [1.54, 1.807) is 116 Å². The Morgan fingerprint density at radius 2 is 1.19 bits per heavy atom. The zero-order chi connectivity index (χ0) is 35.1. The van der Waals surface area contributed by atoms with Crippen molar-refractivity contribution in [3.8, 4) is 0 Å². The van der Waals surface area contributed by atoms with Crippen LogP contribution in [-0.4, -0.2) is 33.5 Å². The van der Waals surface area contributed by atoms with E-state index in [9.17, 15) is 0 Å². The van der Waals surface area contributed by atoms with Gasteiger partial charge in [-0.25, -0.2) is 0 Å². The van der Waals surface area contributed by atoms with Crippen LogP contribution in [0.5, 0.6) is 0 Å². The summed E-state index contributed by atoms with van der Waals surface area (Å²) < 4.78 is 0. The monoisotopic (exact) mass is 740 g/mol. The van der Waals surface area contributed by atoms with Crippen molar-refractivity contribution < 1.29 is 0 Å². The van der Waals surface area contributed by atoms with E-state index < -0.39 is 0 Å². The van der Waals surface area contributed by atoms with E-state index in [0.717, 1.165) is 93.7 Å². The average molecular weight is 740 g/mol. The van der Waals surface area contributed by atoms with Crippen molar-refractivity contribution in [2.24, 2.45) is 65.1 Å². The van der Waals surface area contributed by atoms with Gasteiger partial charge in [0.05, 0.1) is 0 Å². The van der Waals surface area contributed by atoms with Gasteiger partial charge >= 0.3 is 0 Å². The van der Waals surface area contributed by atoms with E-state index in [1.165, 1.54) is 83.5 Å². The molecule has 0 N–H and O–H groups in total. The molecule has 2 aliphatic heterocycles. The van der Waals surface area contributed by atoms with E-state index in [1.807, 2.05) is 5.57 Å². The maximum absolute atomic E-state index is 3.35. The highest BCUT2D eigenvalue weighted by Gasteiger charge is 2.54. The molecule has 12 atom stereocenters. The number of nitrogens with zero attached hydrogens (tertiary/aromatic N) is 1. The number of fused-ring (bicyclic) bond motifs is 4. The highest BCUT2D eigenvalue weighted by atomic mass is 32.2. The summed E-state index contributed by atoms with van der Waals surface area (Å²) in [6.07, 6.45) is 55.5. The van der Waals surface area contributed by atoms with Crippen LogP contribution in [0, 0.1) is 65.1 Å². The van der Waals surface area contributed by atoms with E-state index >= 15 is 0 Å². The van der Waals surface area contributed by atoms with Gasteiger partial charge in [-0.15, -0.1) is 0 Å². The Kier molecular flexibility index (Phi) is 11.9. The van der Waals surface area contributed by atoms with Gasteiger partial charge in [-0.05, 0) is 206 Å². The second-order valence-electron chi connectivity index (χ2n) is 21.7. The molecule has 0 aromatic heterocycles. The summed E-state index contributed by atoms with van der Waals surface area (Å²) in [6.45, 7) is 0. The number of hydrogen-bond acceptors (Lipinski definition) is 2. The minimum Gasteiger partial charge on any atom is -0.294 e. The Labute approximate surface area is 331 Å². The van der Waals surface area contributed by atoms with Gasteiger partial charge in [-0.3, -0.25) is 4.90 Å². The fraction of sp³-hybridized carbons (Fsp3) is 0.922. The summed E-state index contributed by atoms with van der Waals surface area (Å²) in [5, 5.41) is 2.03. The Hall–Kier alpha value is -0.210. The van der Waals surface area contributed by atoms with E-state index in [2.05, 4.69) is 34.9 Å². The first kappa shape index (κ1) is 37.1. The summed E-state index contributed by atoms with van der Waals surface area (Å²) in [4.78, 5) is 3.35. The lowest BCUT2D eigenvalue weighted by atomic mass is 9.58. The van der Waals surface area contributed by atoms with Crippen molar-refractivity contribution in [2.45, 2.75) is 228 Å². The van der Waals surface area contributed by atoms with Crippen molar-refractivity contribution in [3.63, 3.8) is 0 Å². The van der Waals surface area contributed by atoms with E-state index in [-0.39, 0.29) is 0 Å². The molecule has 1 nitrogen and oxygen atoms in total. The zero-order valence-electron chi connectivity index (χ0n) is 34.2. The summed E-state index contributed by atoms with van der Waals surface area (Å²) in [7, 11) is 0. The normalized spacial score (nSPS) is 46.6. The van der Waals surface area contributed by atoms with Crippen molar-refractivity contribution in [1.29, 1.82) is 0 Å². The molecule has 2 saturated heterocycles. The van der Waals surface area contributed by atoms with Gasteiger partial charge < -0.3 is 0 Å². The summed E-state index contributed by atoms with van der Waals surface area (Å²) >= 11 is 2.53. The van der Waals surface area contributed by atoms with Gasteiger partial charge in [0, 0.05) is 28.6 Å². The van der Waals surface area contributed by atoms with Crippen molar-refractivity contribution in [2.75, 3.05) is 0 Å². The third-order valence-corrected chi connectivity index (χ3v) is 21.2. The number of hydrogen-bond donors (Lipinski definition) is 0. The highest BCUT2D eigenvalue weighted by molar-refractivity contribution is 8.00. The summed E-state index contributed by atoms with van der Waals surface area (Å²) in [5.74, 6) is 11.0. The lowest BCUT2D eigenvalue weighted by Crippen LogP contribution is -2.49. The van der Waals surface area contributed by atoms with Crippen LogP contribution in [-0.2, 0) is 0 Å². The third-order valence-electron chi connectivity index (χ3n) is 19.3. The topological polar surface area (TPSA) is 3.24 Å². The summed E-state index contributed by atoms with van der Waals surface area (Å²) in [6, 6.07) is 2.85. The first-order valence-electron chi connectivity index (χ1n) is 25.1. The molecule has 2 heterocycles. The van der Waals surface area contributed by atoms with Gasteiger partial charge in [-0.1, -0.05) is 81.6 Å². The molecule has 10 aliphatic rings. The Morgan fingerprint density at radius 3 is 2.04 bits per heavy atom. The van der Waals surface area contributed by atoms with Crippen LogP contribution in [0.2, 0.25) is 0 Å². The second kappa shape index (κ2) is 16.9. The van der Waals surface area contributed by atoms with Crippen LogP contribution in [0.4, 0.5) is 0 Å². The van der Waals surface area contributed by atoms with E-state index in [4.69, 9.17) is 0 Å². The minimum absolute atomic E-state index is 0.871. The first-order chi connectivity index (χ1) is 26.3. The SMILES string of the molecule is C1=CC2CCC=C(C(C3CCCCC3)C3CCC(C4CCC5C(C4)C4CCCCC4N5C4CCCC(C5CCC(C6CCCCC6)S5)C4)CC3)C2CC1. The van der Waals surface area contributed by atoms with E-state index in [0.29, 0.717) is 0 Å². The lowest BCUT2D eigenvalue weighted by molar-refractivity contribution is 0.0351. The largest absolute Gasteiger partial charge is 0.294 e. The minimum atomic E-state index is 0.871. The second-order valence-corrected chi connectivity index (χ2v) is 23.2. The predicted octanol–water partition coefficient (Wildman–Crippen LogP) is 14.4. The molecule has 8 aliphatic carbocycles. The molecule has 12 unspecified atom stereocenters. The first-order valence-corrected chi connectivity index (χ1v) is 26.0. The Balaban J connectivity index is 0.787. The fourth-order valence-corrected chi connectivity index (χ4v) is 18.9. The molecular formula is C51H81NS. The fourth-order valence-electron chi connectivity index (χ4n) is 17.0. The van der Waals surface area contributed by atoms with Crippen LogP contribution in [0.3, 0.4) is 0 Å². The lowest BCUT2D eigenvalue weighted by Gasteiger charge is -2.48. The van der Waals surface area contributed by atoms with Crippen LogP contribution in [0.1, 0.15) is 199 Å². The van der Waals surface area contributed by atoms with Gasteiger partial charge in [0.25, 0.3) is 0 Å². The molecule has 8 fully saturated rings. The van der Waals surface area contributed by atoms with Gasteiger partial charge in [-0.2, -0.15) is 11.8 Å². The van der Waals surface area contributed by atoms with Crippen LogP contribution in [0.25, 0.3) is 0 Å². The molecule has 53 heavy (non-hydrogen) atoms. The molecule has 10 rings (SSSR count). The molecule has 0 spiro atoms. The van der Waals surface area contributed by atoms with Crippen molar-refractivity contribution in [1.82, 2.24) is 4.90 Å². The third kappa shape index (κ3) is 7.62. The zero-order valence-corrected chi connectivity index (χ0v) is 35.1. The van der Waals surface area contributed by atoms with Gasteiger partial charge in [0.1, 0.15) is 0 Å². The highest BCUT2D eigenvalue weighted by Crippen LogP contribution is 2.57. The molecule has 0 aromatic carbocycles. The predicted molar refractivity (Wildman–Crippen MR) is 227 cm³/mol. The van der Waals surface area contributed by atoms with Gasteiger partial charge in [0.2, 0.25) is 0 Å². The molecule has 0 radical (unpaired) electrons. The Morgan fingerprint density at radius 1 is 0.491 bits per heavy atom. The quantitative estimate of drug-likeness (QED) is 0.239. The Bertz CT molecular complexity index is 1250. The average Bonchev–Trinajstić information content (AvgIpc) is 3.86. The number of thioether (sulfide) groups is 1. The maximum Gasteiger partial charge on any atom is 0.0133 e. The molecule has 6 saturated carbocycles. The molecule has 0 amide bonds. The molecule has 0 bridgehead atoms. The maximum atomic E-state index is 3.35. The molecule has 296 valence electrons. The van der Waals surface area contributed by atoms with Crippen LogP contribution >= 0.6 is 11.8 Å². The van der Waals surface area contributed by atoms with Crippen molar-refractivity contribution >= 4 is 11.8 Å². The number of allylic oxidation sites excluding steroid dienone is 4. The standard InChI is InChI=1S/C51H81NS/c1-3-14-37(15-4-1)49-31-32-50(53-49)41-19-11-20-42(33-41)52-47-24-10-9-22-44(47)46-34-40(29-30-48(46)52)35-25-27-39(28-26-35)51(38-16-5-2-6-17-38)45-23-12-18-36-13-7-8-21-43(36)45/h7,13,23,35-44,46-51H,1-6,8-12,14-22,24-34H2. The summed E-state index contributed by atoms with van der Waals surface area (Å²) in [5.41, 5.74) is 2.01. The number of rotatable bonds is 7. The smallest absolute Gasteiger partial charge is 0.0133 e. The van der Waals surface area contributed by atoms with Crippen LogP contribution in [0.15, 0.2) is 23.8 Å². The molecule has 0 aromatic rings. The molecule has 2 heteroatoms. The molecular weight excluding hydrogens is 659 g/mol. The number of likely N-dealkylation sites (tertiary alicyclic amines) is 1. The van der Waals surface area contributed by atoms with Crippen molar-refractivity contribution in [3.05, 3.63) is 23.8 Å². The van der Waals surface area contributed by atoms with Crippen LogP contribution < -0.4 is 0 Å². The van der Waals surface area contributed by atoms with Gasteiger partial charge in [0.15, 0.2) is 0 Å².